The molecule has 2 nitrogen and oxygen atoms in total. The van der Waals surface area contributed by atoms with Crippen LogP contribution in [0.15, 0.2) is 61.2 Å². The Morgan fingerprint density at radius 2 is 1.86 bits per heavy atom. The largest absolute Gasteiger partial charge is 0.423 e. The van der Waals surface area contributed by atoms with Gasteiger partial charge in [-0.15, -0.1) is 0 Å². The van der Waals surface area contributed by atoms with Crippen LogP contribution in [0.2, 0.25) is 0 Å². The van der Waals surface area contributed by atoms with Crippen LogP contribution in [0, 0.1) is 0 Å². The molecule has 0 radical (unpaired) electrons. The molecular formula is C19H12O2. The number of carbonyl (C=O) groups excluding carboxylic acids is 1. The van der Waals surface area contributed by atoms with Gasteiger partial charge in [0.05, 0.1) is 0 Å². The third-order valence-electron chi connectivity index (χ3n) is 3.83. The molecule has 4 rings (SSSR count). The second kappa shape index (κ2) is 4.32. The van der Waals surface area contributed by atoms with Crippen LogP contribution in [-0.2, 0) is 9.53 Å². The standard InChI is InChI=1S/C19H12O2/c1-2-17(20)21-16-11-14-8-5-7-13-10-12-6-3-4-9-15(12)19(16)18(13)14/h2-11H,1H2. The topological polar surface area (TPSA) is 26.3 Å². The molecule has 0 saturated heterocycles. The van der Waals surface area contributed by atoms with Crippen molar-refractivity contribution in [2.75, 3.05) is 0 Å². The van der Waals surface area contributed by atoms with E-state index >= 15 is 0 Å². The summed E-state index contributed by atoms with van der Waals surface area (Å²) in [5.74, 6) is 0.165. The highest BCUT2D eigenvalue weighted by atomic mass is 16.5. The summed E-state index contributed by atoms with van der Waals surface area (Å²) in [6, 6.07) is 16.5. The summed E-state index contributed by atoms with van der Waals surface area (Å²) in [4.78, 5) is 11.6. The van der Waals surface area contributed by atoms with E-state index in [0.29, 0.717) is 5.76 Å². The molecule has 1 aliphatic carbocycles. The summed E-state index contributed by atoms with van der Waals surface area (Å²) in [7, 11) is 0. The van der Waals surface area contributed by atoms with E-state index in [9.17, 15) is 4.79 Å². The van der Waals surface area contributed by atoms with Crippen molar-refractivity contribution in [1.29, 1.82) is 0 Å². The average molecular weight is 272 g/mol. The number of hydrogen-bond donors (Lipinski definition) is 0. The Hall–Kier alpha value is -2.87. The lowest BCUT2D eigenvalue weighted by atomic mass is 9.97. The van der Waals surface area contributed by atoms with E-state index in [4.69, 9.17) is 4.74 Å². The fourth-order valence-electron chi connectivity index (χ4n) is 2.97. The van der Waals surface area contributed by atoms with Crippen molar-refractivity contribution in [2.45, 2.75) is 0 Å². The summed E-state index contributed by atoms with van der Waals surface area (Å²) in [6.45, 7) is 3.46. The van der Waals surface area contributed by atoms with E-state index in [0.717, 1.165) is 32.7 Å². The Labute approximate surface area is 122 Å². The summed E-state index contributed by atoms with van der Waals surface area (Å²) >= 11 is 0. The van der Waals surface area contributed by atoms with Crippen LogP contribution < -0.4 is 0 Å². The number of carbonyl (C=O) groups is 1. The highest BCUT2D eigenvalue weighted by Crippen LogP contribution is 2.41. The molecule has 0 amide bonds. The van der Waals surface area contributed by atoms with Crippen LogP contribution in [0.1, 0.15) is 11.1 Å². The van der Waals surface area contributed by atoms with E-state index in [1.165, 1.54) is 6.08 Å². The van der Waals surface area contributed by atoms with Gasteiger partial charge in [0, 0.05) is 17.0 Å². The lowest BCUT2D eigenvalue weighted by Gasteiger charge is -2.10. The minimum Gasteiger partial charge on any atom is -0.423 e. The first kappa shape index (κ1) is 11.9. The number of benzene rings is 3. The zero-order chi connectivity index (χ0) is 14.4. The molecule has 0 spiro atoms. The van der Waals surface area contributed by atoms with Crippen LogP contribution >= 0.6 is 0 Å². The van der Waals surface area contributed by atoms with Gasteiger partial charge in [0.25, 0.3) is 0 Å². The number of esters is 1. The molecule has 1 aliphatic rings. The van der Waals surface area contributed by atoms with Crippen molar-refractivity contribution in [2.24, 2.45) is 0 Å². The molecular weight excluding hydrogens is 260 g/mol. The second-order valence-corrected chi connectivity index (χ2v) is 5.05. The highest BCUT2D eigenvalue weighted by molar-refractivity contribution is 6.17. The normalized spacial score (nSPS) is 12.5. The van der Waals surface area contributed by atoms with Crippen molar-refractivity contribution >= 4 is 39.3 Å². The molecule has 2 heteroatoms. The third-order valence-corrected chi connectivity index (χ3v) is 3.83. The predicted octanol–water partition coefficient (Wildman–Crippen LogP) is 4.53. The van der Waals surface area contributed by atoms with Gasteiger partial charge in [0.15, 0.2) is 0 Å². The highest BCUT2D eigenvalue weighted by Gasteiger charge is 2.22. The number of rotatable bonds is 2. The number of ether oxygens (including phenoxy) is 1. The minimum absolute atomic E-state index is 0.435. The first-order chi connectivity index (χ1) is 10.3. The van der Waals surface area contributed by atoms with Gasteiger partial charge in [-0.25, -0.2) is 4.79 Å². The molecule has 21 heavy (non-hydrogen) atoms. The van der Waals surface area contributed by atoms with E-state index < -0.39 is 5.97 Å². The molecule has 0 heterocycles. The molecule has 0 bridgehead atoms. The summed E-state index contributed by atoms with van der Waals surface area (Å²) in [5, 5.41) is 4.53. The molecule has 100 valence electrons. The van der Waals surface area contributed by atoms with Crippen molar-refractivity contribution in [3.63, 3.8) is 0 Å². The van der Waals surface area contributed by atoms with E-state index in [2.05, 4.69) is 30.8 Å². The van der Waals surface area contributed by atoms with Gasteiger partial charge in [-0.3, -0.25) is 0 Å². The average Bonchev–Trinajstić information content (AvgIpc) is 2.87. The molecule has 0 saturated carbocycles. The molecule has 0 N–H and O–H groups in total. The zero-order valence-corrected chi connectivity index (χ0v) is 11.3. The van der Waals surface area contributed by atoms with Gasteiger partial charge in [-0.05, 0) is 33.9 Å². The number of fused-ring (bicyclic) bond motifs is 2. The molecule has 0 aromatic heterocycles. The lowest BCUT2D eigenvalue weighted by Crippen LogP contribution is -1.98. The van der Waals surface area contributed by atoms with E-state index in [-0.39, 0.29) is 0 Å². The summed E-state index contributed by atoms with van der Waals surface area (Å²) < 4.78 is 5.45. The second-order valence-electron chi connectivity index (χ2n) is 5.05. The first-order valence-corrected chi connectivity index (χ1v) is 6.79. The van der Waals surface area contributed by atoms with Crippen LogP contribution in [0.5, 0.6) is 0 Å². The lowest BCUT2D eigenvalue weighted by molar-refractivity contribution is -0.131. The van der Waals surface area contributed by atoms with Crippen molar-refractivity contribution in [1.82, 2.24) is 0 Å². The van der Waals surface area contributed by atoms with Crippen LogP contribution in [0.3, 0.4) is 0 Å². The van der Waals surface area contributed by atoms with Crippen LogP contribution in [0.4, 0.5) is 0 Å². The number of hydrogen-bond acceptors (Lipinski definition) is 2. The van der Waals surface area contributed by atoms with Gasteiger partial charge in [0.1, 0.15) is 5.76 Å². The van der Waals surface area contributed by atoms with Gasteiger partial charge in [-0.1, -0.05) is 49.0 Å². The van der Waals surface area contributed by atoms with Gasteiger partial charge >= 0.3 is 5.97 Å². The molecule has 3 aromatic carbocycles. The minimum atomic E-state index is -0.435. The van der Waals surface area contributed by atoms with Gasteiger partial charge in [-0.2, -0.15) is 0 Å². The predicted molar refractivity (Wildman–Crippen MR) is 85.6 cm³/mol. The Balaban J connectivity index is 2.09. The summed E-state index contributed by atoms with van der Waals surface area (Å²) in [6.07, 6.45) is 3.11. The third kappa shape index (κ3) is 1.69. The molecule has 0 fully saturated rings. The quantitative estimate of drug-likeness (QED) is 0.389. The molecule has 0 unspecified atom stereocenters. The van der Waals surface area contributed by atoms with E-state index in [1.807, 2.05) is 30.3 Å². The van der Waals surface area contributed by atoms with E-state index in [1.54, 1.807) is 0 Å². The maximum Gasteiger partial charge on any atom is 0.335 e. The smallest absolute Gasteiger partial charge is 0.335 e. The first-order valence-electron chi connectivity index (χ1n) is 6.79. The Morgan fingerprint density at radius 1 is 1.05 bits per heavy atom. The van der Waals surface area contributed by atoms with Crippen molar-refractivity contribution in [3.8, 4) is 0 Å². The molecule has 0 atom stereocenters. The fourth-order valence-corrected chi connectivity index (χ4v) is 2.97. The molecule has 3 aromatic rings. The zero-order valence-electron chi connectivity index (χ0n) is 11.3. The SMILES string of the molecule is C=CC(=O)OC1=Cc2cccc3cc4ccccc4c1c23. The van der Waals surface area contributed by atoms with Crippen LogP contribution in [-0.4, -0.2) is 5.97 Å². The Morgan fingerprint density at radius 3 is 2.71 bits per heavy atom. The van der Waals surface area contributed by atoms with Crippen LogP contribution in [0.25, 0.3) is 33.4 Å². The molecule has 0 aliphatic heterocycles. The van der Waals surface area contributed by atoms with Gasteiger partial charge < -0.3 is 4.74 Å². The maximum absolute atomic E-state index is 11.6. The Kier molecular flexibility index (Phi) is 2.45. The monoisotopic (exact) mass is 272 g/mol. The Bertz CT molecular complexity index is 948. The summed E-state index contributed by atoms with van der Waals surface area (Å²) in [5.41, 5.74) is 2.08. The van der Waals surface area contributed by atoms with Gasteiger partial charge in [0.2, 0.25) is 0 Å². The fraction of sp³-hybridized carbons (Fsp3) is 0. The van der Waals surface area contributed by atoms with Crippen molar-refractivity contribution in [3.05, 3.63) is 72.3 Å². The maximum atomic E-state index is 11.6. The van der Waals surface area contributed by atoms with Crippen molar-refractivity contribution < 1.29 is 9.53 Å².